The van der Waals surface area contributed by atoms with Gasteiger partial charge >= 0.3 is 0 Å². The van der Waals surface area contributed by atoms with Crippen LogP contribution in [0.4, 0.5) is 0 Å². The van der Waals surface area contributed by atoms with Gasteiger partial charge in [-0.15, -0.1) is 0 Å². The first-order valence-electron chi connectivity index (χ1n) is 11.5. The fraction of sp³-hybridized carbons (Fsp3) is 0.276. The van der Waals surface area contributed by atoms with E-state index in [1.807, 2.05) is 6.07 Å². The molecule has 0 radical (unpaired) electrons. The van der Waals surface area contributed by atoms with E-state index in [0.717, 1.165) is 53.2 Å². The van der Waals surface area contributed by atoms with E-state index in [0.29, 0.717) is 0 Å². The molecule has 34 heavy (non-hydrogen) atoms. The lowest BCUT2D eigenvalue weighted by Gasteiger charge is -2.22. The van der Waals surface area contributed by atoms with Crippen LogP contribution >= 0.6 is 0 Å². The highest BCUT2D eigenvalue weighted by Gasteiger charge is 2.31. The summed E-state index contributed by atoms with van der Waals surface area (Å²) in [5.41, 5.74) is 7.45. The lowest BCUT2D eigenvalue weighted by Crippen LogP contribution is -2.41. The lowest BCUT2D eigenvalue weighted by molar-refractivity contribution is -0.686. The molecule has 0 spiro atoms. The van der Waals surface area contributed by atoms with Crippen molar-refractivity contribution < 1.29 is 23.5 Å². The summed E-state index contributed by atoms with van der Waals surface area (Å²) in [6.45, 7) is 3.01. The SMILES string of the molecule is COc1cc2c(cc1OC)-c1c(Cc3cccc(C)c3)c3ccc(OC)c(OC)c3c[n+]1CC2. The molecule has 2 heterocycles. The van der Waals surface area contributed by atoms with Crippen LogP contribution in [-0.2, 0) is 19.4 Å². The smallest absolute Gasteiger partial charge is 0.217 e. The molecule has 0 fully saturated rings. The minimum atomic E-state index is 0.736. The zero-order valence-electron chi connectivity index (χ0n) is 20.4. The van der Waals surface area contributed by atoms with E-state index in [2.05, 4.69) is 60.2 Å². The van der Waals surface area contributed by atoms with Gasteiger partial charge in [0.1, 0.15) is 0 Å². The second-order valence-electron chi connectivity index (χ2n) is 8.69. The topological polar surface area (TPSA) is 40.8 Å². The van der Waals surface area contributed by atoms with Crippen LogP contribution in [0.25, 0.3) is 22.0 Å². The number of hydrogen-bond donors (Lipinski definition) is 0. The minimum absolute atomic E-state index is 0.736. The Kier molecular flexibility index (Phi) is 5.78. The van der Waals surface area contributed by atoms with Gasteiger partial charge in [-0.25, -0.2) is 0 Å². The Morgan fingerprint density at radius 2 is 1.56 bits per heavy atom. The van der Waals surface area contributed by atoms with Gasteiger partial charge in [0.2, 0.25) is 5.69 Å². The fourth-order valence-electron chi connectivity index (χ4n) is 5.15. The van der Waals surface area contributed by atoms with Crippen LogP contribution in [0.15, 0.2) is 54.7 Å². The Morgan fingerprint density at radius 3 is 2.26 bits per heavy atom. The summed E-state index contributed by atoms with van der Waals surface area (Å²) in [6, 6.07) is 17.1. The summed E-state index contributed by atoms with van der Waals surface area (Å²) < 4.78 is 25.1. The van der Waals surface area contributed by atoms with Crippen molar-refractivity contribution in [2.24, 2.45) is 0 Å². The van der Waals surface area contributed by atoms with E-state index in [9.17, 15) is 0 Å². The summed E-state index contributed by atoms with van der Waals surface area (Å²) in [7, 11) is 6.76. The van der Waals surface area contributed by atoms with Crippen molar-refractivity contribution in [2.75, 3.05) is 28.4 Å². The minimum Gasteiger partial charge on any atom is -0.493 e. The summed E-state index contributed by atoms with van der Waals surface area (Å²) in [4.78, 5) is 0. The predicted octanol–water partition coefficient (Wildman–Crippen LogP) is 5.28. The summed E-state index contributed by atoms with van der Waals surface area (Å²) in [5, 5.41) is 2.21. The van der Waals surface area contributed by atoms with Crippen LogP contribution in [0.2, 0.25) is 0 Å². The van der Waals surface area contributed by atoms with Crippen molar-refractivity contribution in [2.45, 2.75) is 26.3 Å². The number of aryl methyl sites for hydroxylation is 3. The monoisotopic (exact) mass is 456 g/mol. The average Bonchev–Trinajstić information content (AvgIpc) is 2.86. The molecule has 4 aromatic rings. The number of fused-ring (bicyclic) bond motifs is 4. The molecular weight excluding hydrogens is 426 g/mol. The van der Waals surface area contributed by atoms with Crippen molar-refractivity contribution in [3.8, 4) is 34.3 Å². The summed E-state index contributed by atoms with van der Waals surface area (Å²) in [6.07, 6.45) is 3.91. The molecule has 0 bridgehead atoms. The van der Waals surface area contributed by atoms with E-state index >= 15 is 0 Å². The van der Waals surface area contributed by atoms with Crippen molar-refractivity contribution in [1.82, 2.24) is 0 Å². The molecule has 0 saturated carbocycles. The van der Waals surface area contributed by atoms with Gasteiger partial charge in [0.05, 0.1) is 39.4 Å². The Labute approximate surface area is 200 Å². The molecule has 5 rings (SSSR count). The van der Waals surface area contributed by atoms with E-state index in [4.69, 9.17) is 18.9 Å². The number of hydrogen-bond acceptors (Lipinski definition) is 4. The number of pyridine rings is 1. The molecule has 0 N–H and O–H groups in total. The van der Waals surface area contributed by atoms with Crippen molar-refractivity contribution in [1.29, 1.82) is 0 Å². The number of rotatable bonds is 6. The van der Waals surface area contributed by atoms with Gasteiger partial charge in [-0.1, -0.05) is 29.8 Å². The van der Waals surface area contributed by atoms with Crippen LogP contribution in [0.3, 0.4) is 0 Å². The van der Waals surface area contributed by atoms with Gasteiger partial charge in [0, 0.05) is 23.8 Å². The highest BCUT2D eigenvalue weighted by molar-refractivity contribution is 5.95. The Balaban J connectivity index is 1.84. The number of ether oxygens (including phenoxy) is 4. The molecular formula is C29H30NO4+. The number of aromatic nitrogens is 1. The predicted molar refractivity (Wildman–Crippen MR) is 133 cm³/mol. The zero-order valence-corrected chi connectivity index (χ0v) is 20.4. The van der Waals surface area contributed by atoms with Crippen LogP contribution in [0.1, 0.15) is 22.3 Å². The normalized spacial score (nSPS) is 12.1. The maximum atomic E-state index is 5.83. The molecule has 0 atom stereocenters. The summed E-state index contributed by atoms with van der Waals surface area (Å²) in [5.74, 6) is 3.00. The molecule has 1 aromatic heterocycles. The first kappa shape index (κ1) is 22.1. The third-order valence-corrected chi connectivity index (χ3v) is 6.72. The van der Waals surface area contributed by atoms with Gasteiger partial charge in [0.25, 0.3) is 0 Å². The van der Waals surface area contributed by atoms with Crippen molar-refractivity contribution >= 4 is 10.8 Å². The van der Waals surface area contributed by atoms with E-state index in [-0.39, 0.29) is 0 Å². The highest BCUT2D eigenvalue weighted by atomic mass is 16.5. The largest absolute Gasteiger partial charge is 0.493 e. The number of benzene rings is 3. The molecule has 0 unspecified atom stereocenters. The van der Waals surface area contributed by atoms with E-state index in [1.54, 1.807) is 28.4 Å². The standard InChI is InChI=1S/C29H30NO4/c1-18-7-6-8-19(13-18)14-23-21-9-10-25(31-2)29(34-5)24(21)17-30-12-11-20-15-26(32-3)27(33-4)16-22(20)28(23)30/h6-10,13,15-17H,11-12,14H2,1-5H3/q+1. The Hall–Kier alpha value is -3.73. The van der Waals surface area contributed by atoms with Crippen LogP contribution in [-0.4, -0.2) is 28.4 Å². The molecule has 0 amide bonds. The van der Waals surface area contributed by atoms with Gasteiger partial charge in [-0.3, -0.25) is 0 Å². The second kappa shape index (κ2) is 8.90. The van der Waals surface area contributed by atoms with Gasteiger partial charge in [-0.05, 0) is 42.3 Å². The van der Waals surface area contributed by atoms with Crippen LogP contribution in [0.5, 0.6) is 23.0 Å². The second-order valence-corrected chi connectivity index (χ2v) is 8.69. The third-order valence-electron chi connectivity index (χ3n) is 6.72. The average molecular weight is 457 g/mol. The quantitative estimate of drug-likeness (QED) is 0.370. The van der Waals surface area contributed by atoms with Crippen molar-refractivity contribution in [3.05, 3.63) is 77.0 Å². The third kappa shape index (κ3) is 3.61. The highest BCUT2D eigenvalue weighted by Crippen LogP contribution is 2.43. The van der Waals surface area contributed by atoms with Crippen molar-refractivity contribution in [3.63, 3.8) is 0 Å². The molecule has 3 aromatic carbocycles. The van der Waals surface area contributed by atoms with Gasteiger partial charge in [-0.2, -0.15) is 4.57 Å². The van der Waals surface area contributed by atoms with Gasteiger partial charge in [0.15, 0.2) is 35.7 Å². The Morgan fingerprint density at radius 1 is 0.794 bits per heavy atom. The van der Waals surface area contributed by atoms with Gasteiger partial charge < -0.3 is 18.9 Å². The molecule has 1 aliphatic rings. The lowest BCUT2D eigenvalue weighted by atomic mass is 9.88. The number of methoxy groups -OCH3 is 4. The molecule has 5 heteroatoms. The van der Waals surface area contributed by atoms with Crippen LogP contribution in [0, 0.1) is 6.92 Å². The molecule has 5 nitrogen and oxygen atoms in total. The zero-order chi connectivity index (χ0) is 23.8. The summed E-state index contributed by atoms with van der Waals surface area (Å²) >= 11 is 0. The molecule has 0 aliphatic carbocycles. The molecule has 0 saturated heterocycles. The van der Waals surface area contributed by atoms with Crippen LogP contribution < -0.4 is 23.5 Å². The van der Waals surface area contributed by atoms with E-state index in [1.165, 1.54) is 33.5 Å². The molecule has 174 valence electrons. The maximum Gasteiger partial charge on any atom is 0.217 e. The molecule has 1 aliphatic heterocycles. The number of nitrogens with zero attached hydrogens (tertiary/aromatic N) is 1. The first-order chi connectivity index (χ1) is 16.6. The Bertz CT molecular complexity index is 1390. The first-order valence-corrected chi connectivity index (χ1v) is 11.5. The van der Waals surface area contributed by atoms with E-state index < -0.39 is 0 Å². The maximum absolute atomic E-state index is 5.83. The fourth-order valence-corrected chi connectivity index (χ4v) is 5.15.